The Labute approximate surface area is 231 Å². The van der Waals surface area contributed by atoms with Gasteiger partial charge < -0.3 is 0 Å². The van der Waals surface area contributed by atoms with Crippen LogP contribution in [0.4, 0.5) is 0 Å². The van der Waals surface area contributed by atoms with Crippen LogP contribution >= 0.6 is 0 Å². The molecule has 3 aromatic carbocycles. The van der Waals surface area contributed by atoms with E-state index in [2.05, 4.69) is 31.0 Å². The summed E-state index contributed by atoms with van der Waals surface area (Å²) in [5.74, 6) is -0.812. The van der Waals surface area contributed by atoms with E-state index in [1.807, 2.05) is 84.9 Å². The van der Waals surface area contributed by atoms with E-state index >= 15 is 0 Å². The van der Waals surface area contributed by atoms with Gasteiger partial charge in [0.05, 0.1) is 11.4 Å². The SMILES string of the molecule is O=C(NN=C(c1ccccc1)c1ccncc1)c1ccc(C(=O)NN=C(c2ccccc2)c2ccncc2)cc1. The van der Waals surface area contributed by atoms with E-state index < -0.39 is 11.8 Å². The quantitative estimate of drug-likeness (QED) is 0.224. The Morgan fingerprint density at radius 2 is 0.750 bits per heavy atom. The van der Waals surface area contributed by atoms with E-state index in [1.54, 1.807) is 49.1 Å². The van der Waals surface area contributed by atoms with E-state index in [0.29, 0.717) is 22.6 Å². The fourth-order valence-electron chi connectivity index (χ4n) is 3.92. The van der Waals surface area contributed by atoms with Crippen molar-refractivity contribution in [1.82, 2.24) is 20.8 Å². The first kappa shape index (κ1) is 25.9. The van der Waals surface area contributed by atoms with Crippen LogP contribution in [0, 0.1) is 0 Å². The van der Waals surface area contributed by atoms with Gasteiger partial charge in [0.2, 0.25) is 0 Å². The first-order valence-corrected chi connectivity index (χ1v) is 12.5. The van der Waals surface area contributed by atoms with E-state index in [1.165, 1.54) is 0 Å². The standard InChI is InChI=1S/C32H24N6O2/c39-31(37-35-29(23-7-3-1-4-8-23)25-15-19-33-20-16-25)27-11-13-28(14-12-27)32(40)38-36-30(24-9-5-2-6-10-24)26-17-21-34-22-18-26/h1-22H,(H,37,39)(H,38,40). The van der Waals surface area contributed by atoms with Crippen molar-refractivity contribution in [1.29, 1.82) is 0 Å². The van der Waals surface area contributed by atoms with Gasteiger partial charge in [0.1, 0.15) is 0 Å². The van der Waals surface area contributed by atoms with Crippen LogP contribution in [0.2, 0.25) is 0 Å². The van der Waals surface area contributed by atoms with Gasteiger partial charge in [-0.2, -0.15) is 10.2 Å². The molecule has 0 saturated heterocycles. The van der Waals surface area contributed by atoms with Crippen molar-refractivity contribution in [2.45, 2.75) is 0 Å². The monoisotopic (exact) mass is 524 g/mol. The van der Waals surface area contributed by atoms with Crippen molar-refractivity contribution in [2.24, 2.45) is 10.2 Å². The maximum absolute atomic E-state index is 12.9. The van der Waals surface area contributed by atoms with Gasteiger partial charge in [0.15, 0.2) is 0 Å². The first-order chi connectivity index (χ1) is 19.7. The van der Waals surface area contributed by atoms with Crippen molar-refractivity contribution in [3.05, 3.63) is 167 Å². The molecule has 2 N–H and O–H groups in total. The minimum atomic E-state index is -0.406. The molecule has 0 fully saturated rings. The van der Waals surface area contributed by atoms with Crippen LogP contribution in [0.5, 0.6) is 0 Å². The third kappa shape index (κ3) is 6.38. The molecule has 0 aliphatic carbocycles. The minimum Gasteiger partial charge on any atom is -0.267 e. The highest BCUT2D eigenvalue weighted by molar-refractivity contribution is 6.14. The topological polar surface area (TPSA) is 109 Å². The highest BCUT2D eigenvalue weighted by atomic mass is 16.2. The summed E-state index contributed by atoms with van der Waals surface area (Å²) in [5.41, 5.74) is 10.5. The number of hydrogen-bond donors (Lipinski definition) is 2. The van der Waals surface area contributed by atoms with Crippen molar-refractivity contribution in [2.75, 3.05) is 0 Å². The molecule has 0 radical (unpaired) electrons. The zero-order valence-electron chi connectivity index (χ0n) is 21.3. The lowest BCUT2D eigenvalue weighted by Crippen LogP contribution is -2.22. The summed E-state index contributed by atoms with van der Waals surface area (Å²) in [7, 11) is 0. The summed E-state index contributed by atoms with van der Waals surface area (Å²) in [6.07, 6.45) is 6.68. The Bertz CT molecular complexity index is 1430. The Morgan fingerprint density at radius 3 is 1.10 bits per heavy atom. The lowest BCUT2D eigenvalue weighted by atomic mass is 10.0. The van der Waals surface area contributed by atoms with Crippen LogP contribution in [0.15, 0.2) is 144 Å². The van der Waals surface area contributed by atoms with Crippen LogP contribution in [0.1, 0.15) is 43.0 Å². The molecule has 5 rings (SSSR count). The normalized spacial score (nSPS) is 11.5. The molecule has 0 aliphatic heterocycles. The summed E-state index contributed by atoms with van der Waals surface area (Å²) < 4.78 is 0. The van der Waals surface area contributed by atoms with Gasteiger partial charge in [-0.3, -0.25) is 19.6 Å². The number of amides is 2. The lowest BCUT2D eigenvalue weighted by molar-refractivity contribution is 0.0943. The average Bonchev–Trinajstić information content (AvgIpc) is 3.03. The van der Waals surface area contributed by atoms with Gasteiger partial charge in [0, 0.05) is 58.2 Å². The minimum absolute atomic E-state index is 0.354. The third-order valence-electron chi connectivity index (χ3n) is 5.95. The largest absolute Gasteiger partial charge is 0.271 e. The summed E-state index contributed by atoms with van der Waals surface area (Å²) in [6.45, 7) is 0. The number of carbonyl (C=O) groups excluding carboxylic acids is 2. The predicted molar refractivity (Wildman–Crippen MR) is 154 cm³/mol. The van der Waals surface area contributed by atoms with Crippen LogP contribution in [0.3, 0.4) is 0 Å². The molecular formula is C32H24N6O2. The zero-order chi connectivity index (χ0) is 27.6. The Balaban J connectivity index is 1.30. The van der Waals surface area contributed by atoms with Gasteiger partial charge in [0.25, 0.3) is 11.8 Å². The van der Waals surface area contributed by atoms with E-state index in [-0.39, 0.29) is 0 Å². The molecule has 194 valence electrons. The zero-order valence-corrected chi connectivity index (χ0v) is 21.3. The number of hydrazone groups is 2. The van der Waals surface area contributed by atoms with Crippen LogP contribution < -0.4 is 10.9 Å². The molecule has 40 heavy (non-hydrogen) atoms. The van der Waals surface area contributed by atoms with Crippen molar-refractivity contribution < 1.29 is 9.59 Å². The van der Waals surface area contributed by atoms with Crippen LogP contribution in [0.25, 0.3) is 0 Å². The Hall–Kier alpha value is -5.76. The van der Waals surface area contributed by atoms with Gasteiger partial charge in [-0.1, -0.05) is 60.7 Å². The number of hydrogen-bond acceptors (Lipinski definition) is 6. The van der Waals surface area contributed by atoms with Gasteiger partial charge >= 0.3 is 0 Å². The Kier molecular flexibility index (Phi) is 8.19. The number of benzene rings is 3. The number of carbonyl (C=O) groups is 2. The van der Waals surface area contributed by atoms with Gasteiger partial charge in [-0.05, 0) is 48.5 Å². The van der Waals surface area contributed by atoms with Crippen molar-refractivity contribution in [3.8, 4) is 0 Å². The maximum Gasteiger partial charge on any atom is 0.271 e. The van der Waals surface area contributed by atoms with E-state index in [4.69, 9.17) is 0 Å². The average molecular weight is 525 g/mol. The first-order valence-electron chi connectivity index (χ1n) is 12.5. The van der Waals surface area contributed by atoms with Crippen molar-refractivity contribution >= 4 is 23.2 Å². The second kappa shape index (κ2) is 12.7. The van der Waals surface area contributed by atoms with Gasteiger partial charge in [-0.25, -0.2) is 10.9 Å². The van der Waals surface area contributed by atoms with E-state index in [9.17, 15) is 9.59 Å². The molecule has 5 aromatic rings. The molecule has 0 unspecified atom stereocenters. The molecule has 2 amide bonds. The van der Waals surface area contributed by atoms with Crippen LogP contribution in [-0.2, 0) is 0 Å². The Morgan fingerprint density at radius 1 is 0.425 bits per heavy atom. The molecule has 8 heteroatoms. The molecular weight excluding hydrogens is 500 g/mol. The van der Waals surface area contributed by atoms with Crippen molar-refractivity contribution in [3.63, 3.8) is 0 Å². The fraction of sp³-hybridized carbons (Fsp3) is 0. The number of nitrogens with one attached hydrogen (secondary N) is 2. The van der Waals surface area contributed by atoms with E-state index in [0.717, 1.165) is 22.3 Å². The summed E-state index contributed by atoms with van der Waals surface area (Å²) >= 11 is 0. The fourth-order valence-corrected chi connectivity index (χ4v) is 3.92. The molecule has 2 aromatic heterocycles. The smallest absolute Gasteiger partial charge is 0.267 e. The van der Waals surface area contributed by atoms with Gasteiger partial charge in [-0.15, -0.1) is 0 Å². The second-order valence-corrected chi connectivity index (χ2v) is 8.58. The number of aromatic nitrogens is 2. The third-order valence-corrected chi connectivity index (χ3v) is 5.95. The number of pyridine rings is 2. The second-order valence-electron chi connectivity index (χ2n) is 8.58. The maximum atomic E-state index is 12.9. The highest BCUT2D eigenvalue weighted by Gasteiger charge is 2.12. The summed E-state index contributed by atoms with van der Waals surface area (Å²) in [6, 6.07) is 32.7. The molecule has 0 spiro atoms. The lowest BCUT2D eigenvalue weighted by Gasteiger charge is -2.09. The molecule has 0 bridgehead atoms. The summed E-state index contributed by atoms with van der Waals surface area (Å²) in [5, 5.41) is 8.78. The highest BCUT2D eigenvalue weighted by Crippen LogP contribution is 2.12. The summed E-state index contributed by atoms with van der Waals surface area (Å²) in [4.78, 5) is 33.8. The molecule has 0 saturated carbocycles. The van der Waals surface area contributed by atoms with Crippen LogP contribution in [-0.4, -0.2) is 33.2 Å². The molecule has 0 aliphatic rings. The number of rotatable bonds is 8. The molecule has 8 nitrogen and oxygen atoms in total. The number of nitrogens with zero attached hydrogens (tertiary/aromatic N) is 4. The molecule has 0 atom stereocenters. The molecule has 2 heterocycles. The predicted octanol–water partition coefficient (Wildman–Crippen LogP) is 4.84.